The molecule has 20 heavy (non-hydrogen) atoms. The highest BCUT2D eigenvalue weighted by Gasteiger charge is 2.51. The first-order valence-electron chi connectivity index (χ1n) is 7.72. The number of aliphatic hydroxyl groups is 1. The molecule has 1 aromatic carbocycles. The fourth-order valence-corrected chi connectivity index (χ4v) is 3.48. The molecule has 110 valence electrons. The molecule has 0 amide bonds. The summed E-state index contributed by atoms with van der Waals surface area (Å²) in [4.78, 5) is 0. The van der Waals surface area contributed by atoms with Crippen molar-refractivity contribution in [3.8, 4) is 5.75 Å². The van der Waals surface area contributed by atoms with Gasteiger partial charge in [-0.05, 0) is 34.8 Å². The van der Waals surface area contributed by atoms with E-state index in [-0.39, 0.29) is 10.8 Å². The molecule has 0 saturated heterocycles. The number of hydrogen-bond acceptors (Lipinski definition) is 2. The van der Waals surface area contributed by atoms with Gasteiger partial charge in [-0.15, -0.1) is 0 Å². The van der Waals surface area contributed by atoms with Crippen molar-refractivity contribution in [2.24, 2.45) is 5.92 Å². The van der Waals surface area contributed by atoms with Crippen LogP contribution in [0.1, 0.15) is 63.6 Å². The van der Waals surface area contributed by atoms with Gasteiger partial charge in [0, 0.05) is 17.6 Å². The van der Waals surface area contributed by atoms with Gasteiger partial charge in [0.05, 0.1) is 6.61 Å². The maximum atomic E-state index is 9.45. The van der Waals surface area contributed by atoms with Crippen LogP contribution in [0.5, 0.6) is 5.75 Å². The van der Waals surface area contributed by atoms with E-state index in [0.29, 0.717) is 18.4 Å². The fourth-order valence-electron chi connectivity index (χ4n) is 3.48. The average molecular weight is 274 g/mol. The Morgan fingerprint density at radius 1 is 1.30 bits per heavy atom. The van der Waals surface area contributed by atoms with E-state index in [9.17, 15) is 5.11 Å². The second kappa shape index (κ2) is 4.24. The molecule has 2 atom stereocenters. The zero-order chi connectivity index (χ0) is 14.7. The van der Waals surface area contributed by atoms with E-state index in [1.807, 2.05) is 0 Å². The summed E-state index contributed by atoms with van der Waals surface area (Å²) < 4.78 is 6.00. The maximum absolute atomic E-state index is 9.45. The number of ether oxygens (including phenoxy) is 1. The van der Waals surface area contributed by atoms with E-state index in [0.717, 1.165) is 18.8 Å². The molecule has 0 spiro atoms. The highest BCUT2D eigenvalue weighted by molar-refractivity contribution is 5.54. The van der Waals surface area contributed by atoms with Gasteiger partial charge in [0.25, 0.3) is 0 Å². The molecule has 1 aliphatic carbocycles. The average Bonchev–Trinajstić information content (AvgIpc) is 2.98. The summed E-state index contributed by atoms with van der Waals surface area (Å²) in [6.07, 6.45) is 1.10. The quantitative estimate of drug-likeness (QED) is 0.909. The summed E-state index contributed by atoms with van der Waals surface area (Å²) in [5.41, 5.74) is 4.31. The van der Waals surface area contributed by atoms with Gasteiger partial charge in [-0.25, -0.2) is 0 Å². The summed E-state index contributed by atoms with van der Waals surface area (Å²) in [6, 6.07) is 4.66. The van der Waals surface area contributed by atoms with Gasteiger partial charge in [0.1, 0.15) is 5.75 Å². The minimum atomic E-state index is 0.0922. The molecule has 1 aliphatic heterocycles. The Balaban J connectivity index is 2.13. The Morgan fingerprint density at radius 2 is 2.00 bits per heavy atom. The number of fused-ring (bicyclic) bond motifs is 1. The molecule has 1 aromatic rings. The van der Waals surface area contributed by atoms with Crippen molar-refractivity contribution >= 4 is 0 Å². The Hall–Kier alpha value is -1.02. The van der Waals surface area contributed by atoms with Gasteiger partial charge in [0.15, 0.2) is 0 Å². The summed E-state index contributed by atoms with van der Waals surface area (Å²) >= 11 is 0. The van der Waals surface area contributed by atoms with E-state index in [1.165, 1.54) is 16.7 Å². The molecule has 3 rings (SSSR count). The number of hydrogen-bond donors (Lipinski definition) is 1. The molecule has 0 unspecified atom stereocenters. The van der Waals surface area contributed by atoms with Crippen molar-refractivity contribution in [1.82, 2.24) is 0 Å². The predicted molar refractivity (Wildman–Crippen MR) is 81.6 cm³/mol. The number of benzene rings is 1. The van der Waals surface area contributed by atoms with Crippen molar-refractivity contribution in [3.05, 3.63) is 28.8 Å². The van der Waals surface area contributed by atoms with Crippen molar-refractivity contribution in [2.75, 3.05) is 13.2 Å². The Bertz CT molecular complexity index is 545. The van der Waals surface area contributed by atoms with Crippen LogP contribution in [0, 0.1) is 5.92 Å². The Labute approximate surface area is 122 Å². The van der Waals surface area contributed by atoms with Crippen LogP contribution < -0.4 is 4.74 Å². The molecule has 0 radical (unpaired) electrons. The van der Waals surface area contributed by atoms with Crippen LogP contribution >= 0.6 is 0 Å². The maximum Gasteiger partial charge on any atom is 0.126 e. The van der Waals surface area contributed by atoms with Crippen LogP contribution in [0.2, 0.25) is 0 Å². The molecule has 0 aromatic heterocycles. The van der Waals surface area contributed by atoms with Crippen LogP contribution in [-0.4, -0.2) is 18.3 Å². The lowest BCUT2D eigenvalue weighted by molar-refractivity contribution is 0.265. The third kappa shape index (κ3) is 1.88. The largest absolute Gasteiger partial charge is 0.492 e. The molecule has 1 fully saturated rings. The van der Waals surface area contributed by atoms with Crippen molar-refractivity contribution in [3.63, 3.8) is 0 Å². The molecule has 1 N–H and O–H groups in total. The second-order valence-electron chi connectivity index (χ2n) is 7.77. The minimum Gasteiger partial charge on any atom is -0.492 e. The van der Waals surface area contributed by atoms with Crippen molar-refractivity contribution < 1.29 is 9.84 Å². The monoisotopic (exact) mass is 274 g/mol. The molecule has 1 heterocycles. The zero-order valence-electron chi connectivity index (χ0n) is 13.3. The second-order valence-corrected chi connectivity index (χ2v) is 7.77. The van der Waals surface area contributed by atoms with E-state index >= 15 is 0 Å². The van der Waals surface area contributed by atoms with Crippen molar-refractivity contribution in [1.29, 1.82) is 0 Å². The SMILES string of the molecule is CC(C)c1cc([C@@]2(C)C[C@@H]2CO)cc2c1OCC2(C)C. The number of aliphatic hydroxyl groups excluding tert-OH is 1. The first-order valence-corrected chi connectivity index (χ1v) is 7.72. The van der Waals surface area contributed by atoms with E-state index in [2.05, 4.69) is 46.8 Å². The third-order valence-corrected chi connectivity index (χ3v) is 5.34. The summed E-state index contributed by atoms with van der Waals surface area (Å²) in [5.74, 6) is 2.00. The van der Waals surface area contributed by atoms with Gasteiger partial charge in [-0.2, -0.15) is 0 Å². The summed E-state index contributed by atoms with van der Waals surface area (Å²) in [5, 5.41) is 9.45. The molecule has 2 nitrogen and oxygen atoms in total. The molecular weight excluding hydrogens is 248 g/mol. The summed E-state index contributed by atoms with van der Waals surface area (Å²) in [6.45, 7) is 12.3. The van der Waals surface area contributed by atoms with E-state index in [1.54, 1.807) is 0 Å². The molecule has 2 heteroatoms. The molecule has 2 aliphatic rings. The zero-order valence-corrected chi connectivity index (χ0v) is 13.3. The fraction of sp³-hybridized carbons (Fsp3) is 0.667. The smallest absolute Gasteiger partial charge is 0.126 e. The predicted octanol–water partition coefficient (Wildman–Crippen LogP) is 3.75. The van der Waals surface area contributed by atoms with Crippen LogP contribution in [-0.2, 0) is 10.8 Å². The van der Waals surface area contributed by atoms with Gasteiger partial charge in [-0.1, -0.05) is 46.8 Å². The standard InChI is InChI=1S/C18H26O2/c1-11(2)14-6-12(18(5)8-13(18)9-19)7-15-16(14)20-10-17(15,3)4/h6-7,11,13,19H,8-10H2,1-5H3/t13-,18-/m1/s1. The van der Waals surface area contributed by atoms with Crippen LogP contribution in [0.3, 0.4) is 0 Å². The van der Waals surface area contributed by atoms with Gasteiger partial charge >= 0.3 is 0 Å². The third-order valence-electron chi connectivity index (χ3n) is 5.34. The minimum absolute atomic E-state index is 0.0922. The first-order chi connectivity index (χ1) is 9.29. The van der Waals surface area contributed by atoms with Gasteiger partial charge < -0.3 is 9.84 Å². The highest BCUT2D eigenvalue weighted by Crippen LogP contribution is 2.56. The number of rotatable bonds is 3. The molecule has 1 saturated carbocycles. The Morgan fingerprint density at radius 3 is 2.55 bits per heavy atom. The van der Waals surface area contributed by atoms with E-state index < -0.39 is 0 Å². The Kier molecular flexibility index (Phi) is 2.95. The van der Waals surface area contributed by atoms with Gasteiger partial charge in [0.2, 0.25) is 0 Å². The first kappa shape index (κ1) is 13.9. The lowest BCUT2D eigenvalue weighted by Gasteiger charge is -2.21. The van der Waals surface area contributed by atoms with Crippen LogP contribution in [0.25, 0.3) is 0 Å². The van der Waals surface area contributed by atoms with Gasteiger partial charge in [-0.3, -0.25) is 0 Å². The highest BCUT2D eigenvalue weighted by atomic mass is 16.5. The van der Waals surface area contributed by atoms with Crippen LogP contribution in [0.15, 0.2) is 12.1 Å². The topological polar surface area (TPSA) is 29.5 Å². The lowest BCUT2D eigenvalue weighted by Crippen LogP contribution is -2.19. The normalized spacial score (nSPS) is 30.2. The lowest BCUT2D eigenvalue weighted by atomic mass is 9.81. The summed E-state index contributed by atoms with van der Waals surface area (Å²) in [7, 11) is 0. The molecule has 0 bridgehead atoms. The van der Waals surface area contributed by atoms with Crippen molar-refractivity contribution in [2.45, 2.75) is 57.8 Å². The molecular formula is C18H26O2. The van der Waals surface area contributed by atoms with E-state index in [4.69, 9.17) is 4.74 Å². The van der Waals surface area contributed by atoms with Crippen LogP contribution in [0.4, 0.5) is 0 Å².